The van der Waals surface area contributed by atoms with Gasteiger partial charge in [-0.25, -0.2) is 0 Å². The maximum atomic E-state index is 12.9. The standard InChI is InChI=1S/C65H118O6/c1-4-7-10-13-16-19-22-25-28-31-32-33-34-35-38-40-43-46-49-52-55-58-64(67)70-61-62(71-65(68)59-56-53-50-47-44-41-37-30-27-24-21-18-15-12-9-6-3)60-69-63(66)57-54-51-48-45-42-39-36-29-26-23-20-17-14-11-8-5-2/h21,24,29-32,36-37,62H,4-20,22-23,25-28,33-35,38-61H2,1-3H3/b24-21-,32-31-,36-29-,37-30-. The van der Waals surface area contributed by atoms with Crippen LogP contribution in [0.4, 0.5) is 0 Å². The molecule has 6 heteroatoms. The lowest BCUT2D eigenvalue weighted by Crippen LogP contribution is -2.30. The maximum absolute atomic E-state index is 12.9. The second kappa shape index (κ2) is 59.9. The third-order valence-electron chi connectivity index (χ3n) is 13.8. The molecule has 0 rings (SSSR count). The highest BCUT2D eigenvalue weighted by Gasteiger charge is 2.19. The van der Waals surface area contributed by atoms with Crippen molar-refractivity contribution in [1.82, 2.24) is 0 Å². The quantitative estimate of drug-likeness (QED) is 0.0261. The van der Waals surface area contributed by atoms with Gasteiger partial charge in [-0.1, -0.05) is 256 Å². The van der Waals surface area contributed by atoms with Crippen molar-refractivity contribution in [3.8, 4) is 0 Å². The number of hydrogen-bond donors (Lipinski definition) is 0. The Kier molecular flexibility index (Phi) is 57.7. The molecule has 1 unspecified atom stereocenters. The largest absolute Gasteiger partial charge is 0.462 e. The zero-order valence-corrected chi connectivity index (χ0v) is 47.5. The zero-order valence-electron chi connectivity index (χ0n) is 47.5. The number of rotatable bonds is 57. The minimum atomic E-state index is -0.785. The van der Waals surface area contributed by atoms with Gasteiger partial charge in [0.1, 0.15) is 13.2 Å². The molecule has 6 nitrogen and oxygen atoms in total. The van der Waals surface area contributed by atoms with Crippen LogP contribution in [0.2, 0.25) is 0 Å². The molecule has 0 aromatic carbocycles. The van der Waals surface area contributed by atoms with Crippen molar-refractivity contribution in [2.45, 2.75) is 335 Å². The molecule has 0 heterocycles. The molecule has 1 atom stereocenters. The van der Waals surface area contributed by atoms with Crippen molar-refractivity contribution >= 4 is 17.9 Å². The Morgan fingerprint density at radius 2 is 0.507 bits per heavy atom. The molecule has 414 valence electrons. The fourth-order valence-electron chi connectivity index (χ4n) is 9.05. The van der Waals surface area contributed by atoms with Gasteiger partial charge in [0.25, 0.3) is 0 Å². The van der Waals surface area contributed by atoms with Crippen LogP contribution in [0.15, 0.2) is 48.6 Å². The van der Waals surface area contributed by atoms with Crippen LogP contribution >= 0.6 is 0 Å². The molecule has 0 saturated carbocycles. The van der Waals surface area contributed by atoms with E-state index in [0.717, 1.165) is 89.9 Å². The molecule has 0 amide bonds. The van der Waals surface area contributed by atoms with Crippen LogP contribution in [-0.2, 0) is 28.6 Å². The lowest BCUT2D eigenvalue weighted by atomic mass is 10.1. The first-order valence-corrected chi connectivity index (χ1v) is 31.1. The molecule has 0 radical (unpaired) electrons. The molecule has 0 aliphatic heterocycles. The van der Waals surface area contributed by atoms with Crippen LogP contribution in [-0.4, -0.2) is 37.2 Å². The Morgan fingerprint density at radius 3 is 0.803 bits per heavy atom. The van der Waals surface area contributed by atoms with Gasteiger partial charge in [-0.05, 0) is 103 Å². The number of hydrogen-bond acceptors (Lipinski definition) is 6. The lowest BCUT2D eigenvalue weighted by molar-refractivity contribution is -0.167. The Morgan fingerprint density at radius 1 is 0.282 bits per heavy atom. The van der Waals surface area contributed by atoms with Crippen LogP contribution in [0.25, 0.3) is 0 Å². The summed E-state index contributed by atoms with van der Waals surface area (Å²) < 4.78 is 16.9. The molecular formula is C65H118O6. The smallest absolute Gasteiger partial charge is 0.306 e. The summed E-state index contributed by atoms with van der Waals surface area (Å²) in [6, 6.07) is 0. The van der Waals surface area contributed by atoms with Crippen LogP contribution in [0.3, 0.4) is 0 Å². The normalized spacial score (nSPS) is 12.3. The van der Waals surface area contributed by atoms with Gasteiger partial charge in [-0.3, -0.25) is 14.4 Å². The Balaban J connectivity index is 4.36. The van der Waals surface area contributed by atoms with E-state index in [4.69, 9.17) is 14.2 Å². The van der Waals surface area contributed by atoms with E-state index in [9.17, 15) is 14.4 Å². The van der Waals surface area contributed by atoms with Crippen molar-refractivity contribution in [2.24, 2.45) is 0 Å². The molecule has 0 aliphatic carbocycles. The van der Waals surface area contributed by atoms with E-state index in [1.165, 1.54) is 199 Å². The first kappa shape index (κ1) is 68.4. The van der Waals surface area contributed by atoms with Gasteiger partial charge in [0.2, 0.25) is 0 Å². The first-order valence-electron chi connectivity index (χ1n) is 31.1. The van der Waals surface area contributed by atoms with E-state index in [1.807, 2.05) is 0 Å². The third-order valence-corrected chi connectivity index (χ3v) is 13.8. The Labute approximate surface area is 441 Å². The monoisotopic (exact) mass is 995 g/mol. The summed E-state index contributed by atoms with van der Waals surface area (Å²) in [6.07, 6.45) is 73.9. The molecule has 0 aliphatic rings. The van der Waals surface area contributed by atoms with E-state index in [0.29, 0.717) is 19.3 Å². The molecule has 0 spiro atoms. The van der Waals surface area contributed by atoms with Crippen molar-refractivity contribution in [3.05, 3.63) is 48.6 Å². The highest BCUT2D eigenvalue weighted by Crippen LogP contribution is 2.16. The number of esters is 3. The predicted octanol–water partition coefficient (Wildman–Crippen LogP) is 21.0. The lowest BCUT2D eigenvalue weighted by Gasteiger charge is -2.18. The summed E-state index contributed by atoms with van der Waals surface area (Å²) in [5.74, 6) is -0.888. The molecular weight excluding hydrogens is 877 g/mol. The van der Waals surface area contributed by atoms with Gasteiger partial charge in [0.15, 0.2) is 6.10 Å². The molecule has 0 bridgehead atoms. The number of ether oxygens (including phenoxy) is 3. The highest BCUT2D eigenvalue weighted by atomic mass is 16.6. The van der Waals surface area contributed by atoms with Gasteiger partial charge in [-0.15, -0.1) is 0 Å². The maximum Gasteiger partial charge on any atom is 0.306 e. The number of unbranched alkanes of at least 4 members (excludes halogenated alkanes) is 38. The van der Waals surface area contributed by atoms with Crippen LogP contribution in [0, 0.1) is 0 Å². The molecule has 0 N–H and O–H groups in total. The summed E-state index contributed by atoms with van der Waals surface area (Å²) in [5, 5.41) is 0. The minimum absolute atomic E-state index is 0.0807. The molecule has 71 heavy (non-hydrogen) atoms. The zero-order chi connectivity index (χ0) is 51.4. The first-order chi connectivity index (χ1) is 35.0. The number of carbonyl (C=O) groups excluding carboxylic acids is 3. The Bertz CT molecular complexity index is 1230. The average Bonchev–Trinajstić information content (AvgIpc) is 3.37. The Hall–Kier alpha value is -2.63. The van der Waals surface area contributed by atoms with Crippen LogP contribution in [0.1, 0.15) is 329 Å². The highest BCUT2D eigenvalue weighted by molar-refractivity contribution is 5.71. The minimum Gasteiger partial charge on any atom is -0.462 e. The summed E-state index contributed by atoms with van der Waals surface area (Å²) in [7, 11) is 0. The van der Waals surface area contributed by atoms with Crippen molar-refractivity contribution in [1.29, 1.82) is 0 Å². The molecule has 0 saturated heterocycles. The second-order valence-corrected chi connectivity index (χ2v) is 21.0. The topological polar surface area (TPSA) is 78.9 Å². The SMILES string of the molecule is CCCCCC/C=C\C/C=C\CCCCCCCC(=O)OC(COC(=O)CCCCCCC/C=C\CCCCCCCCC)COC(=O)CCCCCCCCCCC/C=C\CCCCCCCCCC. The fourth-order valence-corrected chi connectivity index (χ4v) is 9.05. The van der Waals surface area contributed by atoms with E-state index in [-0.39, 0.29) is 31.1 Å². The average molecular weight is 996 g/mol. The van der Waals surface area contributed by atoms with Crippen molar-refractivity contribution in [2.75, 3.05) is 13.2 Å². The summed E-state index contributed by atoms with van der Waals surface area (Å²) in [4.78, 5) is 38.3. The van der Waals surface area contributed by atoms with Crippen LogP contribution < -0.4 is 0 Å². The van der Waals surface area contributed by atoms with Crippen molar-refractivity contribution < 1.29 is 28.6 Å². The van der Waals surface area contributed by atoms with E-state index in [1.54, 1.807) is 0 Å². The van der Waals surface area contributed by atoms with Crippen LogP contribution in [0.5, 0.6) is 0 Å². The summed E-state index contributed by atoms with van der Waals surface area (Å²) in [5.41, 5.74) is 0. The summed E-state index contributed by atoms with van der Waals surface area (Å²) in [6.45, 7) is 6.64. The number of allylic oxidation sites excluding steroid dienone is 8. The fraction of sp³-hybridized carbons (Fsp3) is 0.831. The van der Waals surface area contributed by atoms with Gasteiger partial charge >= 0.3 is 17.9 Å². The van der Waals surface area contributed by atoms with Gasteiger partial charge in [0.05, 0.1) is 0 Å². The van der Waals surface area contributed by atoms with Gasteiger partial charge in [0, 0.05) is 19.3 Å². The van der Waals surface area contributed by atoms with Crippen molar-refractivity contribution in [3.63, 3.8) is 0 Å². The molecule has 0 aromatic rings. The predicted molar refractivity (Wildman–Crippen MR) is 307 cm³/mol. The van der Waals surface area contributed by atoms with E-state index >= 15 is 0 Å². The molecule has 0 fully saturated rings. The third kappa shape index (κ3) is 58.1. The van der Waals surface area contributed by atoms with E-state index < -0.39 is 6.10 Å². The van der Waals surface area contributed by atoms with Gasteiger partial charge < -0.3 is 14.2 Å². The number of carbonyl (C=O) groups is 3. The summed E-state index contributed by atoms with van der Waals surface area (Å²) >= 11 is 0. The molecule has 0 aromatic heterocycles. The second-order valence-electron chi connectivity index (χ2n) is 21.0. The van der Waals surface area contributed by atoms with E-state index in [2.05, 4.69) is 69.4 Å². The van der Waals surface area contributed by atoms with Gasteiger partial charge in [-0.2, -0.15) is 0 Å².